The minimum atomic E-state index is -0.274. The lowest BCUT2D eigenvalue weighted by Crippen LogP contribution is -2.41. The van der Waals surface area contributed by atoms with Gasteiger partial charge in [-0.1, -0.05) is 6.07 Å². The predicted molar refractivity (Wildman–Crippen MR) is 103 cm³/mol. The Morgan fingerprint density at radius 1 is 1.38 bits per heavy atom. The van der Waals surface area contributed by atoms with E-state index in [0.29, 0.717) is 17.2 Å². The SMILES string of the molecule is CC(O)CN1CCC(CN(C)C(=O)c2cccc(N)c2)CC1.Cl.Cl. The standard InChI is InChI=1S/C17H27N3O2.2ClH/c1-13(21)11-20-8-6-14(7-9-20)12-19(2)17(22)15-4-3-5-16(18)10-15;;/h3-5,10,13-14,21H,6-9,11-12,18H2,1-2H3;2*1H. The minimum absolute atomic E-state index is 0. The molecule has 0 bridgehead atoms. The van der Waals surface area contributed by atoms with Crippen LogP contribution < -0.4 is 5.73 Å². The lowest BCUT2D eigenvalue weighted by atomic mass is 9.96. The molecule has 7 heteroatoms. The number of carbonyl (C=O) groups is 1. The topological polar surface area (TPSA) is 69.8 Å². The first-order valence-electron chi connectivity index (χ1n) is 7.97. The van der Waals surface area contributed by atoms with E-state index in [2.05, 4.69) is 4.90 Å². The minimum Gasteiger partial charge on any atom is -0.399 e. The number of anilines is 1. The van der Waals surface area contributed by atoms with E-state index in [1.165, 1.54) is 0 Å². The second-order valence-electron chi connectivity index (χ2n) is 6.40. The molecule has 1 aromatic rings. The Morgan fingerprint density at radius 2 is 2.00 bits per heavy atom. The number of β-amino-alcohol motifs (C(OH)–C–C–N with tert-alkyl or cyclic N) is 1. The van der Waals surface area contributed by atoms with Crippen LogP contribution in [0.1, 0.15) is 30.1 Å². The van der Waals surface area contributed by atoms with Gasteiger partial charge >= 0.3 is 0 Å². The van der Waals surface area contributed by atoms with Gasteiger partial charge in [-0.05, 0) is 57.0 Å². The number of nitrogens with zero attached hydrogens (tertiary/aromatic N) is 2. The Kier molecular flexibility index (Phi) is 10.3. The highest BCUT2D eigenvalue weighted by molar-refractivity contribution is 5.94. The highest BCUT2D eigenvalue weighted by Gasteiger charge is 2.23. The third-order valence-corrected chi connectivity index (χ3v) is 4.24. The number of hydrogen-bond acceptors (Lipinski definition) is 4. The third-order valence-electron chi connectivity index (χ3n) is 4.24. The van der Waals surface area contributed by atoms with Gasteiger partial charge in [0.15, 0.2) is 0 Å². The van der Waals surface area contributed by atoms with Gasteiger partial charge in [0, 0.05) is 31.4 Å². The van der Waals surface area contributed by atoms with Crippen LogP contribution in [-0.4, -0.2) is 60.1 Å². The molecule has 5 nitrogen and oxygen atoms in total. The van der Waals surface area contributed by atoms with Crippen molar-refractivity contribution in [2.75, 3.05) is 39.0 Å². The fourth-order valence-electron chi connectivity index (χ4n) is 3.09. The quantitative estimate of drug-likeness (QED) is 0.772. The zero-order chi connectivity index (χ0) is 16.1. The van der Waals surface area contributed by atoms with E-state index < -0.39 is 0 Å². The number of carbonyl (C=O) groups excluding carboxylic acids is 1. The van der Waals surface area contributed by atoms with Crippen LogP contribution >= 0.6 is 24.8 Å². The Hall–Kier alpha value is -1.01. The summed E-state index contributed by atoms with van der Waals surface area (Å²) in [6.07, 6.45) is 1.87. The van der Waals surface area contributed by atoms with Gasteiger partial charge in [-0.3, -0.25) is 4.79 Å². The van der Waals surface area contributed by atoms with E-state index >= 15 is 0 Å². The summed E-state index contributed by atoms with van der Waals surface area (Å²) in [5, 5.41) is 9.43. The van der Waals surface area contributed by atoms with Crippen LogP contribution in [0.4, 0.5) is 5.69 Å². The van der Waals surface area contributed by atoms with E-state index in [0.717, 1.165) is 39.0 Å². The first-order valence-corrected chi connectivity index (χ1v) is 7.97. The summed E-state index contributed by atoms with van der Waals surface area (Å²) in [7, 11) is 1.85. The largest absolute Gasteiger partial charge is 0.399 e. The number of hydrogen-bond donors (Lipinski definition) is 2. The second kappa shape index (κ2) is 10.8. The van der Waals surface area contributed by atoms with Gasteiger partial charge in [-0.15, -0.1) is 24.8 Å². The maximum Gasteiger partial charge on any atom is 0.253 e. The Bertz CT molecular complexity index is 506. The first kappa shape index (κ1) is 23.0. The van der Waals surface area contributed by atoms with E-state index in [1.807, 2.05) is 20.0 Å². The van der Waals surface area contributed by atoms with Crippen LogP contribution in [0.25, 0.3) is 0 Å². The number of rotatable bonds is 5. The average Bonchev–Trinajstić information content (AvgIpc) is 2.48. The van der Waals surface area contributed by atoms with Crippen molar-refractivity contribution in [3.8, 4) is 0 Å². The van der Waals surface area contributed by atoms with E-state index in [4.69, 9.17) is 5.73 Å². The number of likely N-dealkylation sites (tertiary alicyclic amines) is 1. The monoisotopic (exact) mass is 377 g/mol. The lowest BCUT2D eigenvalue weighted by Gasteiger charge is -2.34. The molecule has 1 heterocycles. The summed E-state index contributed by atoms with van der Waals surface area (Å²) >= 11 is 0. The van der Waals surface area contributed by atoms with Crippen molar-refractivity contribution in [2.45, 2.75) is 25.9 Å². The van der Waals surface area contributed by atoms with Gasteiger partial charge in [-0.25, -0.2) is 0 Å². The fraction of sp³-hybridized carbons (Fsp3) is 0.588. The van der Waals surface area contributed by atoms with Crippen LogP contribution in [0, 0.1) is 5.92 Å². The van der Waals surface area contributed by atoms with Crippen LogP contribution in [0.2, 0.25) is 0 Å². The predicted octanol–water partition coefficient (Wildman–Crippen LogP) is 2.28. The van der Waals surface area contributed by atoms with Crippen molar-refractivity contribution in [2.24, 2.45) is 5.92 Å². The summed E-state index contributed by atoms with van der Waals surface area (Å²) < 4.78 is 0. The molecule has 24 heavy (non-hydrogen) atoms. The molecule has 1 aliphatic heterocycles. The number of amides is 1. The summed E-state index contributed by atoms with van der Waals surface area (Å²) in [5.41, 5.74) is 7.00. The Balaban J connectivity index is 0.00000264. The molecule has 1 fully saturated rings. The number of halogens is 2. The number of aliphatic hydroxyl groups is 1. The van der Waals surface area contributed by atoms with E-state index in [1.54, 1.807) is 23.1 Å². The van der Waals surface area contributed by atoms with E-state index in [-0.39, 0.29) is 36.8 Å². The molecule has 0 radical (unpaired) electrons. The summed E-state index contributed by atoms with van der Waals surface area (Å²) in [4.78, 5) is 16.5. The normalized spacial score (nSPS) is 16.6. The van der Waals surface area contributed by atoms with Gasteiger partial charge in [0.2, 0.25) is 0 Å². The highest BCUT2D eigenvalue weighted by Crippen LogP contribution is 2.19. The third kappa shape index (κ3) is 6.85. The average molecular weight is 378 g/mol. The maximum absolute atomic E-state index is 12.4. The van der Waals surface area contributed by atoms with Gasteiger partial charge < -0.3 is 20.6 Å². The van der Waals surface area contributed by atoms with Crippen molar-refractivity contribution in [1.82, 2.24) is 9.80 Å². The van der Waals surface area contributed by atoms with Crippen molar-refractivity contribution in [3.05, 3.63) is 29.8 Å². The maximum atomic E-state index is 12.4. The summed E-state index contributed by atoms with van der Waals surface area (Å²) in [6.45, 7) is 5.33. The summed E-state index contributed by atoms with van der Waals surface area (Å²) in [6, 6.07) is 7.13. The molecule has 138 valence electrons. The van der Waals surface area contributed by atoms with E-state index in [9.17, 15) is 9.90 Å². The van der Waals surface area contributed by atoms with Crippen molar-refractivity contribution in [3.63, 3.8) is 0 Å². The molecule has 2 rings (SSSR count). The number of aliphatic hydroxyl groups excluding tert-OH is 1. The van der Waals surface area contributed by atoms with Crippen LogP contribution in [-0.2, 0) is 0 Å². The summed E-state index contributed by atoms with van der Waals surface area (Å²) in [5.74, 6) is 0.555. The smallest absolute Gasteiger partial charge is 0.253 e. The number of nitrogens with two attached hydrogens (primary N) is 1. The van der Waals surface area contributed by atoms with Crippen LogP contribution in [0.3, 0.4) is 0 Å². The molecule has 0 spiro atoms. The Labute approximate surface area is 157 Å². The molecule has 3 N–H and O–H groups in total. The molecule has 0 aliphatic carbocycles. The van der Waals surface area contributed by atoms with Gasteiger partial charge in [0.25, 0.3) is 5.91 Å². The molecule has 0 saturated carbocycles. The molecule has 1 saturated heterocycles. The number of nitrogen functional groups attached to an aromatic ring is 1. The zero-order valence-corrected chi connectivity index (χ0v) is 16.0. The van der Waals surface area contributed by atoms with Crippen molar-refractivity contribution < 1.29 is 9.90 Å². The number of benzene rings is 1. The van der Waals surface area contributed by atoms with Crippen LogP contribution in [0.5, 0.6) is 0 Å². The van der Waals surface area contributed by atoms with Gasteiger partial charge in [0.1, 0.15) is 0 Å². The fourth-order valence-corrected chi connectivity index (χ4v) is 3.09. The highest BCUT2D eigenvalue weighted by atomic mass is 35.5. The van der Waals surface area contributed by atoms with Gasteiger partial charge in [-0.2, -0.15) is 0 Å². The first-order chi connectivity index (χ1) is 10.5. The second-order valence-corrected chi connectivity index (χ2v) is 6.40. The van der Waals surface area contributed by atoms with Crippen molar-refractivity contribution >= 4 is 36.4 Å². The lowest BCUT2D eigenvalue weighted by molar-refractivity contribution is 0.0703. The molecule has 1 aliphatic rings. The molecular formula is C17H29Cl2N3O2. The number of piperidine rings is 1. The molecule has 1 unspecified atom stereocenters. The van der Waals surface area contributed by atoms with Gasteiger partial charge in [0.05, 0.1) is 6.10 Å². The molecule has 1 atom stereocenters. The molecule has 1 aromatic carbocycles. The van der Waals surface area contributed by atoms with Crippen molar-refractivity contribution in [1.29, 1.82) is 0 Å². The van der Waals surface area contributed by atoms with Crippen LogP contribution in [0.15, 0.2) is 24.3 Å². The Morgan fingerprint density at radius 3 is 2.54 bits per heavy atom. The zero-order valence-electron chi connectivity index (χ0n) is 14.4. The molecule has 1 amide bonds. The molecular weight excluding hydrogens is 349 g/mol. The molecule has 0 aromatic heterocycles.